The second-order valence-corrected chi connectivity index (χ2v) is 3.53. The lowest BCUT2D eigenvalue weighted by Crippen LogP contribution is -2.04. The summed E-state index contributed by atoms with van der Waals surface area (Å²) in [6.45, 7) is 1.97. The molecule has 4 nitrogen and oxygen atoms in total. The highest BCUT2D eigenvalue weighted by molar-refractivity contribution is 6.08. The van der Waals surface area contributed by atoms with Gasteiger partial charge in [0.25, 0.3) is 0 Å². The Morgan fingerprint density at radius 3 is 2.19 bits per heavy atom. The van der Waals surface area contributed by atoms with Crippen LogP contribution in [0, 0.1) is 6.92 Å². The maximum atomic E-state index is 11.9. The normalized spacial score (nSPS) is 10.1. The van der Waals surface area contributed by atoms with Gasteiger partial charge >= 0.3 is 0 Å². The van der Waals surface area contributed by atoms with E-state index in [2.05, 4.69) is 9.97 Å². The summed E-state index contributed by atoms with van der Waals surface area (Å²) in [6.07, 6.45) is 2.87. The quantitative estimate of drug-likeness (QED) is 0.769. The minimum atomic E-state index is -0.0972. The summed E-state index contributed by atoms with van der Waals surface area (Å²) in [6, 6.07) is 7.36. The lowest BCUT2D eigenvalue weighted by molar-refractivity contribution is 0.103. The Kier molecular flexibility index (Phi) is 2.64. The average Bonchev–Trinajstić information content (AvgIpc) is 2.30. The zero-order valence-corrected chi connectivity index (χ0v) is 8.84. The van der Waals surface area contributed by atoms with Gasteiger partial charge in [-0.15, -0.1) is 0 Å². The van der Waals surface area contributed by atoms with Crippen molar-refractivity contribution in [2.24, 2.45) is 0 Å². The number of aromatic nitrogens is 2. The van der Waals surface area contributed by atoms with Gasteiger partial charge in [0.1, 0.15) is 0 Å². The van der Waals surface area contributed by atoms with Crippen molar-refractivity contribution in [3.63, 3.8) is 0 Å². The van der Waals surface area contributed by atoms with E-state index in [1.165, 1.54) is 12.4 Å². The number of hydrogen-bond donors (Lipinski definition) is 1. The lowest BCUT2D eigenvalue weighted by Gasteiger charge is -2.01. The first-order valence-electron chi connectivity index (χ1n) is 4.86. The summed E-state index contributed by atoms with van der Waals surface area (Å²) in [4.78, 5) is 19.5. The minimum Gasteiger partial charge on any atom is -0.368 e. The van der Waals surface area contributed by atoms with E-state index in [0.717, 1.165) is 5.56 Å². The summed E-state index contributed by atoms with van der Waals surface area (Å²) in [7, 11) is 0. The second kappa shape index (κ2) is 4.10. The molecule has 80 valence electrons. The van der Waals surface area contributed by atoms with Crippen molar-refractivity contribution < 1.29 is 4.79 Å². The molecular formula is C12H11N3O. The van der Waals surface area contributed by atoms with E-state index >= 15 is 0 Å². The van der Waals surface area contributed by atoms with Crippen molar-refractivity contribution in [3.8, 4) is 0 Å². The fourth-order valence-electron chi connectivity index (χ4n) is 1.33. The Hall–Kier alpha value is -2.23. The van der Waals surface area contributed by atoms with Crippen molar-refractivity contribution in [3.05, 3.63) is 53.3 Å². The molecule has 0 aliphatic carbocycles. The van der Waals surface area contributed by atoms with Gasteiger partial charge in [0.05, 0.1) is 5.56 Å². The molecule has 0 aliphatic rings. The average molecular weight is 213 g/mol. The topological polar surface area (TPSA) is 68.9 Å². The summed E-state index contributed by atoms with van der Waals surface area (Å²) >= 11 is 0. The van der Waals surface area contributed by atoms with Crippen LogP contribution in [0.2, 0.25) is 0 Å². The van der Waals surface area contributed by atoms with Gasteiger partial charge in [-0.05, 0) is 6.92 Å². The van der Waals surface area contributed by atoms with E-state index in [1.807, 2.05) is 19.1 Å². The molecule has 1 aromatic carbocycles. The van der Waals surface area contributed by atoms with Crippen molar-refractivity contribution in [2.75, 3.05) is 5.73 Å². The van der Waals surface area contributed by atoms with Crippen molar-refractivity contribution in [2.45, 2.75) is 6.92 Å². The Morgan fingerprint density at radius 1 is 1.06 bits per heavy atom. The largest absolute Gasteiger partial charge is 0.368 e. The smallest absolute Gasteiger partial charge is 0.219 e. The molecule has 0 aliphatic heterocycles. The number of nitrogens with zero attached hydrogens (tertiary/aromatic N) is 2. The van der Waals surface area contributed by atoms with Gasteiger partial charge in [-0.3, -0.25) is 4.79 Å². The molecule has 0 fully saturated rings. The molecule has 1 heterocycles. The van der Waals surface area contributed by atoms with Crippen LogP contribution in [0.25, 0.3) is 0 Å². The number of benzene rings is 1. The van der Waals surface area contributed by atoms with E-state index in [0.29, 0.717) is 11.1 Å². The summed E-state index contributed by atoms with van der Waals surface area (Å²) in [5.74, 6) is 0.0699. The predicted octanol–water partition coefficient (Wildman–Crippen LogP) is 1.60. The molecule has 0 saturated carbocycles. The monoisotopic (exact) mass is 213 g/mol. The van der Waals surface area contributed by atoms with Crippen molar-refractivity contribution in [1.29, 1.82) is 0 Å². The maximum absolute atomic E-state index is 11.9. The molecule has 0 spiro atoms. The number of aryl methyl sites for hydroxylation is 1. The van der Waals surface area contributed by atoms with Crippen molar-refractivity contribution in [1.82, 2.24) is 9.97 Å². The fraction of sp³-hybridized carbons (Fsp3) is 0.0833. The number of anilines is 1. The van der Waals surface area contributed by atoms with Crippen LogP contribution < -0.4 is 5.73 Å². The summed E-state index contributed by atoms with van der Waals surface area (Å²) in [5.41, 5.74) is 7.53. The third-order valence-electron chi connectivity index (χ3n) is 2.25. The van der Waals surface area contributed by atoms with Gasteiger partial charge in [-0.1, -0.05) is 29.8 Å². The first kappa shape index (κ1) is 10.3. The van der Waals surface area contributed by atoms with E-state index in [4.69, 9.17) is 5.73 Å². The lowest BCUT2D eigenvalue weighted by atomic mass is 10.0. The Balaban J connectivity index is 2.32. The molecule has 16 heavy (non-hydrogen) atoms. The van der Waals surface area contributed by atoms with Crippen LogP contribution in [-0.4, -0.2) is 15.8 Å². The molecule has 0 amide bonds. The highest BCUT2D eigenvalue weighted by Gasteiger charge is 2.09. The molecule has 0 unspecified atom stereocenters. The van der Waals surface area contributed by atoms with Crippen LogP contribution in [0.15, 0.2) is 36.7 Å². The maximum Gasteiger partial charge on any atom is 0.219 e. The molecule has 2 rings (SSSR count). The van der Waals surface area contributed by atoms with Gasteiger partial charge < -0.3 is 5.73 Å². The van der Waals surface area contributed by atoms with E-state index in [9.17, 15) is 4.79 Å². The van der Waals surface area contributed by atoms with Gasteiger partial charge in [-0.2, -0.15) is 0 Å². The van der Waals surface area contributed by atoms with Gasteiger partial charge in [0.2, 0.25) is 5.95 Å². The Labute approximate surface area is 93.2 Å². The molecule has 1 aromatic heterocycles. The van der Waals surface area contributed by atoms with Crippen LogP contribution in [-0.2, 0) is 0 Å². The van der Waals surface area contributed by atoms with Crippen LogP contribution in [0.1, 0.15) is 21.5 Å². The van der Waals surface area contributed by atoms with E-state index < -0.39 is 0 Å². The molecule has 0 saturated heterocycles. The third-order valence-corrected chi connectivity index (χ3v) is 2.25. The molecule has 4 heteroatoms. The minimum absolute atomic E-state index is 0.0972. The first-order valence-corrected chi connectivity index (χ1v) is 4.86. The molecule has 2 aromatic rings. The highest BCUT2D eigenvalue weighted by atomic mass is 16.1. The fourth-order valence-corrected chi connectivity index (χ4v) is 1.33. The van der Waals surface area contributed by atoms with Gasteiger partial charge in [0.15, 0.2) is 5.78 Å². The van der Waals surface area contributed by atoms with Gasteiger partial charge in [0, 0.05) is 18.0 Å². The summed E-state index contributed by atoms with van der Waals surface area (Å²) < 4.78 is 0. The van der Waals surface area contributed by atoms with E-state index in [-0.39, 0.29) is 11.7 Å². The van der Waals surface area contributed by atoms with Crippen LogP contribution in [0.3, 0.4) is 0 Å². The SMILES string of the molecule is Cc1ccc(C(=O)c2cnc(N)nc2)cc1. The number of ketones is 1. The number of nitrogen functional groups attached to an aromatic ring is 1. The van der Waals surface area contributed by atoms with Crippen LogP contribution in [0.5, 0.6) is 0 Å². The van der Waals surface area contributed by atoms with Crippen LogP contribution >= 0.6 is 0 Å². The zero-order chi connectivity index (χ0) is 11.5. The highest BCUT2D eigenvalue weighted by Crippen LogP contribution is 2.09. The first-order chi connectivity index (χ1) is 7.66. The molecule has 0 radical (unpaired) electrons. The third kappa shape index (κ3) is 2.06. The predicted molar refractivity (Wildman–Crippen MR) is 61.1 cm³/mol. The molecule has 0 atom stereocenters. The summed E-state index contributed by atoms with van der Waals surface area (Å²) in [5, 5.41) is 0. The Morgan fingerprint density at radius 2 is 1.62 bits per heavy atom. The molecular weight excluding hydrogens is 202 g/mol. The number of rotatable bonds is 2. The number of hydrogen-bond acceptors (Lipinski definition) is 4. The standard InChI is InChI=1S/C12H11N3O/c1-8-2-4-9(5-3-8)11(16)10-6-14-12(13)15-7-10/h2-7H,1H3,(H2,13,14,15). The van der Waals surface area contributed by atoms with E-state index in [1.54, 1.807) is 12.1 Å². The zero-order valence-electron chi connectivity index (χ0n) is 8.84. The van der Waals surface area contributed by atoms with Gasteiger partial charge in [-0.25, -0.2) is 9.97 Å². The number of carbonyl (C=O) groups is 1. The second-order valence-electron chi connectivity index (χ2n) is 3.53. The van der Waals surface area contributed by atoms with Crippen molar-refractivity contribution >= 4 is 11.7 Å². The van der Waals surface area contributed by atoms with Crippen LogP contribution in [0.4, 0.5) is 5.95 Å². The molecule has 2 N–H and O–H groups in total. The molecule has 0 bridgehead atoms. The number of carbonyl (C=O) groups excluding carboxylic acids is 1. The number of nitrogens with two attached hydrogens (primary N) is 1. The Bertz CT molecular complexity index is 455.